The summed E-state index contributed by atoms with van der Waals surface area (Å²) in [5.41, 5.74) is 1.13. The highest BCUT2D eigenvalue weighted by Crippen LogP contribution is 2.45. The molecule has 0 bridgehead atoms. The van der Waals surface area contributed by atoms with E-state index in [1.165, 1.54) is 17.0 Å². The number of aromatic nitrogens is 2. The molecule has 2 N–H and O–H groups in total. The topological polar surface area (TPSA) is 114 Å². The number of carbonyl (C=O) groups is 3. The Balaban J connectivity index is 1.52. The summed E-state index contributed by atoms with van der Waals surface area (Å²) < 4.78 is 20.6. The molecule has 2 amide bonds. The Hall–Kier alpha value is -4.05. The molecule has 0 radical (unpaired) electrons. The molecule has 1 aliphatic carbocycles. The average molecular weight is 523 g/mol. The highest BCUT2D eigenvalue weighted by molar-refractivity contribution is 5.98. The van der Waals surface area contributed by atoms with Crippen molar-refractivity contribution in [3.8, 4) is 5.69 Å². The minimum Gasteiger partial charge on any atom is -0.444 e. The normalized spacial score (nSPS) is 17.4. The number of aliphatic hydroxyl groups excluding tert-OH is 1. The minimum atomic E-state index is -1.17. The van der Waals surface area contributed by atoms with Crippen molar-refractivity contribution >= 4 is 17.8 Å². The molecule has 1 aliphatic rings. The zero-order valence-electron chi connectivity index (χ0n) is 21.5. The van der Waals surface area contributed by atoms with Crippen molar-refractivity contribution in [1.29, 1.82) is 0 Å². The van der Waals surface area contributed by atoms with Gasteiger partial charge in [-0.3, -0.25) is 9.59 Å². The second-order valence-electron chi connectivity index (χ2n) is 10.2. The zero-order valence-corrected chi connectivity index (χ0v) is 21.5. The van der Waals surface area contributed by atoms with Gasteiger partial charge in [0.15, 0.2) is 5.78 Å². The van der Waals surface area contributed by atoms with Gasteiger partial charge in [0.1, 0.15) is 24.1 Å². The number of hydrogen-bond donors (Lipinski definition) is 2. The van der Waals surface area contributed by atoms with Gasteiger partial charge in [-0.05, 0) is 75.2 Å². The van der Waals surface area contributed by atoms with Gasteiger partial charge in [0, 0.05) is 29.9 Å². The van der Waals surface area contributed by atoms with Gasteiger partial charge in [-0.25, -0.2) is 13.9 Å². The van der Waals surface area contributed by atoms with E-state index in [1.54, 1.807) is 80.3 Å². The highest BCUT2D eigenvalue weighted by atomic mass is 19.1. The number of benzene rings is 2. The number of aliphatic hydroxyl groups is 1. The SMILES string of the molecule is CC(C)(C)OC(=O)N(C[C@H](NC(=O)c1ccc(-n2cccn2)cc1)C(=O)CO)C1C[C@H]1c1ccc(F)cc1. The lowest BCUT2D eigenvalue weighted by Gasteiger charge is -2.30. The molecule has 1 unspecified atom stereocenters. The van der Waals surface area contributed by atoms with Crippen LogP contribution in [0.1, 0.15) is 49.0 Å². The first-order valence-corrected chi connectivity index (χ1v) is 12.4. The fraction of sp³-hybridized carbons (Fsp3) is 0.357. The molecule has 1 saturated carbocycles. The Labute approximate surface area is 220 Å². The van der Waals surface area contributed by atoms with Crippen LogP contribution in [0, 0.1) is 5.82 Å². The number of nitrogens with one attached hydrogen (secondary N) is 1. The van der Waals surface area contributed by atoms with Crippen LogP contribution in [0.3, 0.4) is 0 Å². The Kier molecular flexibility index (Phi) is 7.91. The summed E-state index contributed by atoms with van der Waals surface area (Å²) in [6, 6.07) is 13.0. The summed E-state index contributed by atoms with van der Waals surface area (Å²) >= 11 is 0. The first kappa shape index (κ1) is 27.0. The second-order valence-corrected chi connectivity index (χ2v) is 10.2. The molecule has 4 rings (SSSR count). The highest BCUT2D eigenvalue weighted by Gasteiger charge is 2.47. The first-order valence-electron chi connectivity index (χ1n) is 12.4. The lowest BCUT2D eigenvalue weighted by atomic mass is 10.1. The van der Waals surface area contributed by atoms with Gasteiger partial charge in [-0.1, -0.05) is 12.1 Å². The van der Waals surface area contributed by atoms with Gasteiger partial charge in [-0.15, -0.1) is 0 Å². The van der Waals surface area contributed by atoms with Gasteiger partial charge in [0.05, 0.1) is 12.2 Å². The number of ether oxygens (including phenoxy) is 1. The molecule has 1 fully saturated rings. The summed E-state index contributed by atoms with van der Waals surface area (Å²) in [5, 5.41) is 16.4. The number of nitrogens with zero attached hydrogens (tertiary/aromatic N) is 3. The molecule has 0 saturated heterocycles. The van der Waals surface area contributed by atoms with Crippen LogP contribution < -0.4 is 5.32 Å². The number of Topliss-reactive ketones (excluding diaryl/α,β-unsaturated/α-hetero) is 1. The van der Waals surface area contributed by atoms with Crippen LogP contribution in [0.4, 0.5) is 9.18 Å². The molecule has 3 atom stereocenters. The fourth-order valence-electron chi connectivity index (χ4n) is 4.22. The summed E-state index contributed by atoms with van der Waals surface area (Å²) in [4.78, 5) is 40.3. The molecule has 10 heteroatoms. The van der Waals surface area contributed by atoms with E-state index < -0.39 is 36.0 Å². The molecule has 38 heavy (non-hydrogen) atoms. The van der Waals surface area contributed by atoms with Crippen LogP contribution in [-0.4, -0.2) is 68.4 Å². The van der Waals surface area contributed by atoms with Gasteiger partial charge in [0.2, 0.25) is 0 Å². The van der Waals surface area contributed by atoms with Crippen molar-refractivity contribution in [3.63, 3.8) is 0 Å². The van der Waals surface area contributed by atoms with E-state index in [2.05, 4.69) is 10.4 Å². The largest absolute Gasteiger partial charge is 0.444 e. The van der Waals surface area contributed by atoms with Crippen molar-refractivity contribution in [2.24, 2.45) is 0 Å². The van der Waals surface area contributed by atoms with Gasteiger partial charge in [0.25, 0.3) is 5.91 Å². The third kappa shape index (κ3) is 6.63. The molecule has 1 aromatic heterocycles. The minimum absolute atomic E-state index is 0.0708. The maximum atomic E-state index is 13.4. The summed E-state index contributed by atoms with van der Waals surface area (Å²) in [6.45, 7) is 4.21. The maximum Gasteiger partial charge on any atom is 0.410 e. The Morgan fingerprint density at radius 2 is 1.84 bits per heavy atom. The van der Waals surface area contributed by atoms with Crippen molar-refractivity contribution < 1.29 is 28.6 Å². The molecule has 0 aliphatic heterocycles. The van der Waals surface area contributed by atoms with E-state index in [-0.39, 0.29) is 24.3 Å². The fourth-order valence-corrected chi connectivity index (χ4v) is 4.22. The van der Waals surface area contributed by atoms with E-state index in [0.717, 1.165) is 11.3 Å². The van der Waals surface area contributed by atoms with Crippen LogP contribution in [-0.2, 0) is 9.53 Å². The predicted molar refractivity (Wildman–Crippen MR) is 137 cm³/mol. The van der Waals surface area contributed by atoms with E-state index in [9.17, 15) is 23.9 Å². The van der Waals surface area contributed by atoms with E-state index in [1.807, 2.05) is 0 Å². The average Bonchev–Trinajstić information content (AvgIpc) is 3.46. The molecular weight excluding hydrogens is 491 g/mol. The van der Waals surface area contributed by atoms with Crippen molar-refractivity contribution in [1.82, 2.24) is 20.0 Å². The predicted octanol–water partition coefficient (Wildman–Crippen LogP) is 3.46. The number of rotatable bonds is 9. The van der Waals surface area contributed by atoms with Crippen LogP contribution in [0.25, 0.3) is 5.69 Å². The summed E-state index contributed by atoms with van der Waals surface area (Å²) in [5.74, 6) is -1.60. The van der Waals surface area contributed by atoms with Gasteiger partial charge in [-0.2, -0.15) is 5.10 Å². The van der Waals surface area contributed by atoms with Gasteiger partial charge < -0.3 is 20.1 Å². The van der Waals surface area contributed by atoms with Crippen LogP contribution in [0.5, 0.6) is 0 Å². The second kappa shape index (κ2) is 11.1. The van der Waals surface area contributed by atoms with Crippen molar-refractivity contribution in [3.05, 3.63) is 83.9 Å². The van der Waals surface area contributed by atoms with E-state index in [4.69, 9.17) is 4.74 Å². The zero-order chi connectivity index (χ0) is 27.4. The number of halogens is 1. The van der Waals surface area contributed by atoms with Crippen molar-refractivity contribution in [2.75, 3.05) is 13.2 Å². The molecule has 200 valence electrons. The Bertz CT molecular complexity index is 1270. The number of hydrogen-bond acceptors (Lipinski definition) is 6. The third-order valence-corrected chi connectivity index (χ3v) is 6.21. The standard InChI is InChI=1S/C28H31FN4O5/c1-28(2,3)38-27(37)32(24-15-22(24)18-5-9-20(29)10-6-18)16-23(25(35)17-34)31-26(36)19-7-11-21(12-8-19)33-14-4-13-30-33/h4-14,22-24,34H,15-17H2,1-3H3,(H,31,36)/t22-,23-,24?/m0/s1. The Morgan fingerprint density at radius 3 is 2.42 bits per heavy atom. The smallest absolute Gasteiger partial charge is 0.410 e. The molecule has 1 heterocycles. The number of amides is 2. The van der Waals surface area contributed by atoms with Crippen LogP contribution in [0.2, 0.25) is 0 Å². The molecule has 2 aromatic carbocycles. The number of carbonyl (C=O) groups excluding carboxylic acids is 3. The molecule has 9 nitrogen and oxygen atoms in total. The van der Waals surface area contributed by atoms with E-state index >= 15 is 0 Å². The summed E-state index contributed by atoms with van der Waals surface area (Å²) in [6.07, 6.45) is 3.37. The third-order valence-electron chi connectivity index (χ3n) is 6.21. The monoisotopic (exact) mass is 522 g/mol. The molecular formula is C28H31FN4O5. The molecule has 3 aromatic rings. The van der Waals surface area contributed by atoms with Crippen LogP contribution >= 0.6 is 0 Å². The van der Waals surface area contributed by atoms with Crippen molar-refractivity contribution in [2.45, 2.75) is 50.8 Å². The lowest BCUT2D eigenvalue weighted by molar-refractivity contribution is -0.124. The first-order chi connectivity index (χ1) is 18.1. The summed E-state index contributed by atoms with van der Waals surface area (Å²) in [7, 11) is 0. The quantitative estimate of drug-likeness (QED) is 0.445. The van der Waals surface area contributed by atoms with Gasteiger partial charge >= 0.3 is 6.09 Å². The lowest BCUT2D eigenvalue weighted by Crippen LogP contribution is -2.52. The molecule has 0 spiro atoms. The number of ketones is 1. The Morgan fingerprint density at radius 1 is 1.16 bits per heavy atom. The van der Waals surface area contributed by atoms with E-state index in [0.29, 0.717) is 12.0 Å². The maximum absolute atomic E-state index is 13.4. The van der Waals surface area contributed by atoms with Crippen LogP contribution in [0.15, 0.2) is 67.0 Å².